The number of carbonyl (C=O) groups excluding carboxylic acids is 3. The highest BCUT2D eigenvalue weighted by Crippen LogP contribution is 2.36. The normalized spacial score (nSPS) is 15.7. The maximum Gasteiger partial charge on any atom is 0.343 e. The molecule has 0 bridgehead atoms. The van der Waals surface area contributed by atoms with Gasteiger partial charge in [-0.25, -0.2) is 19.0 Å². The van der Waals surface area contributed by atoms with Crippen LogP contribution in [0.25, 0.3) is 0 Å². The van der Waals surface area contributed by atoms with Gasteiger partial charge in [0.05, 0.1) is 24.4 Å². The molecule has 0 N–H and O–H groups in total. The molecule has 1 aromatic carbocycles. The molecule has 4 rings (SSSR count). The maximum atomic E-state index is 15.4. The van der Waals surface area contributed by atoms with Gasteiger partial charge in [-0.15, -0.1) is 0 Å². The van der Waals surface area contributed by atoms with Crippen molar-refractivity contribution in [2.24, 2.45) is 0 Å². The highest BCUT2D eigenvalue weighted by Gasteiger charge is 2.32. The van der Waals surface area contributed by atoms with Crippen LogP contribution in [-0.2, 0) is 30.4 Å². The Hall–Kier alpha value is -3.17. The zero-order valence-electron chi connectivity index (χ0n) is 21.5. The molecule has 0 saturated heterocycles. The van der Waals surface area contributed by atoms with Crippen molar-refractivity contribution in [3.05, 3.63) is 63.2 Å². The average Bonchev–Trinajstić information content (AvgIpc) is 3.45. The first-order valence-corrected chi connectivity index (χ1v) is 13.6. The van der Waals surface area contributed by atoms with Crippen LogP contribution in [0, 0.1) is 5.82 Å². The number of pyridine rings is 1. The lowest BCUT2D eigenvalue weighted by Crippen LogP contribution is -2.35. The van der Waals surface area contributed by atoms with Crippen molar-refractivity contribution in [2.45, 2.75) is 64.0 Å². The fourth-order valence-electron chi connectivity index (χ4n) is 4.74. The van der Waals surface area contributed by atoms with E-state index in [0.717, 1.165) is 38.2 Å². The minimum absolute atomic E-state index is 0.0102. The zero-order chi connectivity index (χ0) is 27.9. The highest BCUT2D eigenvalue weighted by atomic mass is 35.5. The van der Waals surface area contributed by atoms with E-state index < -0.39 is 30.3 Å². The summed E-state index contributed by atoms with van der Waals surface area (Å²) in [7, 11) is 1.21. The monoisotopic (exact) mass is 578 g/mol. The number of nitrogens with zero attached hydrogens (tertiary/aromatic N) is 2. The molecule has 0 unspecified atom stereocenters. The number of carbonyl (C=O) groups is 3. The summed E-state index contributed by atoms with van der Waals surface area (Å²) >= 11 is 12.1. The van der Waals surface area contributed by atoms with Crippen LogP contribution in [0.2, 0.25) is 10.2 Å². The molecule has 0 spiro atoms. The Kier molecular flexibility index (Phi) is 9.80. The smallest absolute Gasteiger partial charge is 0.343 e. The van der Waals surface area contributed by atoms with Gasteiger partial charge >= 0.3 is 11.9 Å². The summed E-state index contributed by atoms with van der Waals surface area (Å²) in [6.45, 7) is -0.537. The molecule has 1 fully saturated rings. The number of esters is 2. The predicted molar refractivity (Wildman–Crippen MR) is 143 cm³/mol. The zero-order valence-corrected chi connectivity index (χ0v) is 23.0. The first-order chi connectivity index (χ1) is 18.8. The molecule has 1 heterocycles. The number of aromatic nitrogens is 1. The van der Waals surface area contributed by atoms with Crippen LogP contribution in [0.1, 0.15) is 56.9 Å². The van der Waals surface area contributed by atoms with Crippen molar-refractivity contribution < 1.29 is 33.0 Å². The quantitative estimate of drug-likeness (QED) is 0.267. The molecule has 2 aliphatic rings. The van der Waals surface area contributed by atoms with Gasteiger partial charge in [-0.3, -0.25) is 4.79 Å². The molecule has 8 nitrogen and oxygen atoms in total. The lowest BCUT2D eigenvalue weighted by Gasteiger charge is -2.28. The third kappa shape index (κ3) is 7.28. The second kappa shape index (κ2) is 13.3. The standard InChI is InChI=1S/C28H29Cl2FN2O6/c1-37-26(34)16-38-24-13-23(22(31)12-21(24)29)33(15-17-10-11-25(30)32-14-17)27(35)19-8-4-5-9-20(19)28(36)39-18-6-2-3-7-18/h10-14,18H,2-9,15-16H2,1H3. The van der Waals surface area contributed by atoms with E-state index in [1.807, 2.05) is 0 Å². The molecule has 2 aliphatic carbocycles. The van der Waals surface area contributed by atoms with Gasteiger partial charge in [0.2, 0.25) is 0 Å². The molecule has 2 aromatic rings. The first-order valence-electron chi connectivity index (χ1n) is 12.8. The van der Waals surface area contributed by atoms with Crippen LogP contribution >= 0.6 is 23.2 Å². The van der Waals surface area contributed by atoms with E-state index in [9.17, 15) is 14.4 Å². The SMILES string of the molecule is COC(=O)COc1cc(N(Cc2ccc(Cl)nc2)C(=O)C2=C(C(=O)OC3CCCC3)CCCC2)c(F)cc1Cl. The third-order valence-electron chi connectivity index (χ3n) is 6.79. The van der Waals surface area contributed by atoms with E-state index in [1.54, 1.807) is 12.1 Å². The highest BCUT2D eigenvalue weighted by molar-refractivity contribution is 6.32. The Balaban J connectivity index is 1.73. The summed E-state index contributed by atoms with van der Waals surface area (Å²) in [6.07, 6.45) is 7.15. The fourth-order valence-corrected chi connectivity index (χ4v) is 5.06. The van der Waals surface area contributed by atoms with Crippen molar-refractivity contribution in [2.75, 3.05) is 18.6 Å². The molecule has 0 aliphatic heterocycles. The van der Waals surface area contributed by atoms with E-state index in [4.69, 9.17) is 32.7 Å². The van der Waals surface area contributed by atoms with Crippen LogP contribution in [0.15, 0.2) is 41.6 Å². The molecule has 39 heavy (non-hydrogen) atoms. The van der Waals surface area contributed by atoms with Crippen molar-refractivity contribution in [3.8, 4) is 5.75 Å². The lowest BCUT2D eigenvalue weighted by atomic mass is 9.90. The average molecular weight is 579 g/mol. The molecule has 208 valence electrons. The van der Waals surface area contributed by atoms with Crippen LogP contribution in [0.4, 0.5) is 10.1 Å². The van der Waals surface area contributed by atoms with Crippen molar-refractivity contribution in [3.63, 3.8) is 0 Å². The van der Waals surface area contributed by atoms with Crippen LogP contribution < -0.4 is 9.64 Å². The number of methoxy groups -OCH3 is 1. The molecular weight excluding hydrogens is 550 g/mol. The first kappa shape index (κ1) is 28.8. The second-order valence-corrected chi connectivity index (χ2v) is 10.2. The van der Waals surface area contributed by atoms with Crippen LogP contribution in [-0.4, -0.2) is 42.7 Å². The minimum Gasteiger partial charge on any atom is -0.480 e. The predicted octanol–water partition coefficient (Wildman–Crippen LogP) is 5.97. The van der Waals surface area contributed by atoms with Gasteiger partial charge in [0.1, 0.15) is 22.8 Å². The Labute approximate surface area is 236 Å². The maximum absolute atomic E-state index is 15.4. The van der Waals surface area contributed by atoms with Gasteiger partial charge in [-0.2, -0.15) is 0 Å². The molecule has 0 radical (unpaired) electrons. The Morgan fingerprint density at radius 2 is 1.77 bits per heavy atom. The van der Waals surface area contributed by atoms with Gasteiger partial charge in [0, 0.05) is 23.4 Å². The number of halogens is 3. The largest absolute Gasteiger partial charge is 0.480 e. The second-order valence-electron chi connectivity index (χ2n) is 9.46. The summed E-state index contributed by atoms with van der Waals surface area (Å²) in [5.74, 6) is -2.48. The molecule has 11 heteroatoms. The van der Waals surface area contributed by atoms with Crippen molar-refractivity contribution >= 4 is 46.7 Å². The van der Waals surface area contributed by atoms with Gasteiger partial charge in [-0.1, -0.05) is 29.3 Å². The number of amides is 1. The van der Waals surface area contributed by atoms with Crippen molar-refractivity contribution in [1.82, 2.24) is 4.98 Å². The van der Waals surface area contributed by atoms with Crippen LogP contribution in [0.3, 0.4) is 0 Å². The summed E-state index contributed by atoms with van der Waals surface area (Å²) < 4.78 is 31.1. The van der Waals surface area contributed by atoms with E-state index in [-0.39, 0.29) is 39.8 Å². The number of hydrogen-bond donors (Lipinski definition) is 0. The number of rotatable bonds is 9. The molecule has 1 saturated carbocycles. The third-order valence-corrected chi connectivity index (χ3v) is 7.31. The van der Waals surface area contributed by atoms with Gasteiger partial charge < -0.3 is 19.1 Å². The number of benzene rings is 1. The van der Waals surface area contributed by atoms with E-state index in [1.165, 1.54) is 24.3 Å². The van der Waals surface area contributed by atoms with E-state index >= 15 is 4.39 Å². The summed E-state index contributed by atoms with van der Waals surface area (Å²) in [5, 5.41) is 0.179. The number of hydrogen-bond acceptors (Lipinski definition) is 7. The molecule has 1 amide bonds. The fraction of sp³-hybridized carbons (Fsp3) is 0.429. The summed E-state index contributed by atoms with van der Waals surface area (Å²) in [6, 6.07) is 5.49. The molecule has 1 aromatic heterocycles. The lowest BCUT2D eigenvalue weighted by molar-refractivity contribution is -0.144. The minimum atomic E-state index is -0.785. The van der Waals surface area contributed by atoms with Gasteiger partial charge in [0.15, 0.2) is 6.61 Å². The Morgan fingerprint density at radius 3 is 2.44 bits per heavy atom. The molecule has 0 atom stereocenters. The van der Waals surface area contributed by atoms with E-state index in [0.29, 0.717) is 30.4 Å². The molecular formula is C28H29Cl2FN2O6. The van der Waals surface area contributed by atoms with Crippen LogP contribution in [0.5, 0.6) is 5.75 Å². The van der Waals surface area contributed by atoms with Gasteiger partial charge in [-0.05, 0) is 69.1 Å². The van der Waals surface area contributed by atoms with Crippen molar-refractivity contribution in [1.29, 1.82) is 0 Å². The summed E-state index contributed by atoms with van der Waals surface area (Å²) in [4.78, 5) is 44.1. The van der Waals surface area contributed by atoms with E-state index in [2.05, 4.69) is 9.72 Å². The van der Waals surface area contributed by atoms with Gasteiger partial charge in [0.25, 0.3) is 5.91 Å². The summed E-state index contributed by atoms with van der Waals surface area (Å²) in [5.41, 5.74) is 1.05. The number of ether oxygens (including phenoxy) is 3. The number of anilines is 1. The Morgan fingerprint density at radius 1 is 1.05 bits per heavy atom. The topological polar surface area (TPSA) is 95.0 Å². The Bertz CT molecular complexity index is 1260.